The third kappa shape index (κ3) is 4.28. The lowest BCUT2D eigenvalue weighted by molar-refractivity contribution is -0.134. The van der Waals surface area contributed by atoms with Crippen molar-refractivity contribution in [1.29, 1.82) is 0 Å². The van der Waals surface area contributed by atoms with Crippen molar-refractivity contribution in [2.75, 3.05) is 51.3 Å². The summed E-state index contributed by atoms with van der Waals surface area (Å²) in [4.78, 5) is 36.4. The number of benzene rings is 1. The number of carbonyl (C=O) groups excluding carboxylic acids is 2. The number of hydrogen-bond acceptors (Lipinski definition) is 5. The molecule has 176 valence electrons. The number of hydrogen-bond donors (Lipinski definition) is 0. The predicted molar refractivity (Wildman–Crippen MR) is 124 cm³/mol. The molecular formula is C25H31FN4O3. The minimum absolute atomic E-state index is 0.109. The molecule has 5 rings (SSSR count). The van der Waals surface area contributed by atoms with Crippen molar-refractivity contribution in [3.63, 3.8) is 0 Å². The van der Waals surface area contributed by atoms with E-state index in [2.05, 4.69) is 16.8 Å². The first-order chi connectivity index (χ1) is 15.9. The number of pyridine rings is 1. The molecule has 33 heavy (non-hydrogen) atoms. The van der Waals surface area contributed by atoms with Gasteiger partial charge in [-0.05, 0) is 50.8 Å². The summed E-state index contributed by atoms with van der Waals surface area (Å²) in [6.45, 7) is 5.64. The van der Waals surface area contributed by atoms with Gasteiger partial charge in [0.05, 0.1) is 22.4 Å². The third-order valence-electron chi connectivity index (χ3n) is 7.47. The quantitative estimate of drug-likeness (QED) is 0.711. The van der Waals surface area contributed by atoms with Crippen LogP contribution in [0.25, 0.3) is 10.9 Å². The molecule has 0 spiro atoms. The van der Waals surface area contributed by atoms with Crippen LogP contribution in [0.4, 0.5) is 10.1 Å². The smallest absolute Gasteiger partial charge is 0.257 e. The van der Waals surface area contributed by atoms with Gasteiger partial charge in [-0.25, -0.2) is 4.39 Å². The largest absolute Gasteiger partial charge is 0.378 e. The van der Waals surface area contributed by atoms with Crippen molar-refractivity contribution in [3.05, 3.63) is 35.8 Å². The van der Waals surface area contributed by atoms with E-state index in [9.17, 15) is 14.0 Å². The Labute approximate surface area is 193 Å². The van der Waals surface area contributed by atoms with Crippen LogP contribution in [0.15, 0.2) is 24.4 Å². The standard InChI is InChI=1S/C25H31FN4O3/c1-25(33-2)7-9-28(10-8-25)22-19-15-18(26)5-6-21(19)27-16-20(22)24(32)30-13-11-29(12-14-30)23(31)17-3-4-17/h5-6,15-17H,3-4,7-14H2,1-2H3. The summed E-state index contributed by atoms with van der Waals surface area (Å²) < 4.78 is 19.9. The number of piperidine rings is 1. The molecule has 2 aliphatic heterocycles. The molecule has 1 aromatic heterocycles. The average molecular weight is 455 g/mol. The highest BCUT2D eigenvalue weighted by atomic mass is 19.1. The monoisotopic (exact) mass is 454 g/mol. The van der Waals surface area contributed by atoms with Crippen LogP contribution < -0.4 is 4.90 Å². The molecule has 1 aromatic carbocycles. The van der Waals surface area contributed by atoms with Gasteiger partial charge in [0.1, 0.15) is 5.82 Å². The molecule has 0 radical (unpaired) electrons. The minimum atomic E-state index is -0.346. The Morgan fingerprint density at radius 3 is 2.36 bits per heavy atom. The topological polar surface area (TPSA) is 66.0 Å². The van der Waals surface area contributed by atoms with Gasteiger partial charge < -0.3 is 19.4 Å². The Morgan fingerprint density at radius 1 is 1.06 bits per heavy atom. The molecule has 0 atom stereocenters. The highest BCUT2D eigenvalue weighted by molar-refractivity contribution is 6.07. The average Bonchev–Trinajstić information content (AvgIpc) is 3.69. The Morgan fingerprint density at radius 2 is 1.73 bits per heavy atom. The summed E-state index contributed by atoms with van der Waals surface area (Å²) in [7, 11) is 1.73. The normalized spacial score (nSPS) is 20.9. The lowest BCUT2D eigenvalue weighted by atomic mass is 9.92. The van der Waals surface area contributed by atoms with Crippen molar-refractivity contribution in [1.82, 2.24) is 14.8 Å². The van der Waals surface area contributed by atoms with Gasteiger partial charge in [-0.3, -0.25) is 14.6 Å². The fraction of sp³-hybridized carbons (Fsp3) is 0.560. The zero-order valence-electron chi connectivity index (χ0n) is 19.3. The molecule has 3 heterocycles. The molecular weight excluding hydrogens is 423 g/mol. The zero-order chi connectivity index (χ0) is 23.2. The molecule has 0 unspecified atom stereocenters. The number of carbonyl (C=O) groups is 2. The van der Waals surface area contributed by atoms with Crippen molar-refractivity contribution < 1.29 is 18.7 Å². The molecule has 2 amide bonds. The molecule has 1 saturated carbocycles. The van der Waals surface area contributed by atoms with E-state index >= 15 is 0 Å². The number of piperazine rings is 1. The van der Waals surface area contributed by atoms with E-state index in [4.69, 9.17) is 4.74 Å². The van der Waals surface area contributed by atoms with E-state index in [0.29, 0.717) is 55.7 Å². The maximum Gasteiger partial charge on any atom is 0.257 e. The highest BCUT2D eigenvalue weighted by Crippen LogP contribution is 2.36. The second-order valence-electron chi connectivity index (χ2n) is 9.71. The van der Waals surface area contributed by atoms with Crippen LogP contribution in [0.1, 0.15) is 43.0 Å². The van der Waals surface area contributed by atoms with Gasteiger partial charge in [0.25, 0.3) is 5.91 Å². The summed E-state index contributed by atoms with van der Waals surface area (Å²) in [5, 5.41) is 0.657. The van der Waals surface area contributed by atoms with Crippen LogP contribution in [0.2, 0.25) is 0 Å². The molecule has 7 nitrogen and oxygen atoms in total. The lowest BCUT2D eigenvalue weighted by Gasteiger charge is -2.41. The Hall–Kier alpha value is -2.74. The van der Waals surface area contributed by atoms with Crippen LogP contribution in [0, 0.1) is 11.7 Å². The molecule has 2 saturated heterocycles. The summed E-state index contributed by atoms with van der Waals surface area (Å²) in [6, 6.07) is 4.54. The second-order valence-corrected chi connectivity index (χ2v) is 9.71. The predicted octanol–water partition coefficient (Wildman–Crippen LogP) is 3.07. The minimum Gasteiger partial charge on any atom is -0.378 e. The van der Waals surface area contributed by atoms with Crippen LogP contribution in [0.5, 0.6) is 0 Å². The number of methoxy groups -OCH3 is 1. The summed E-state index contributed by atoms with van der Waals surface area (Å²) >= 11 is 0. The van der Waals surface area contributed by atoms with E-state index in [0.717, 1.165) is 31.4 Å². The van der Waals surface area contributed by atoms with Crippen molar-refractivity contribution in [2.45, 2.75) is 38.2 Å². The van der Waals surface area contributed by atoms with E-state index in [1.165, 1.54) is 12.1 Å². The lowest BCUT2D eigenvalue weighted by Crippen LogP contribution is -2.51. The van der Waals surface area contributed by atoms with Gasteiger partial charge in [0.2, 0.25) is 5.91 Å². The van der Waals surface area contributed by atoms with Crippen LogP contribution in [-0.4, -0.2) is 78.6 Å². The first-order valence-electron chi connectivity index (χ1n) is 11.8. The number of fused-ring (bicyclic) bond motifs is 1. The molecule has 8 heteroatoms. The number of amides is 2. The highest BCUT2D eigenvalue weighted by Gasteiger charge is 2.36. The van der Waals surface area contributed by atoms with Crippen molar-refractivity contribution >= 4 is 28.4 Å². The van der Waals surface area contributed by atoms with Crippen LogP contribution >= 0.6 is 0 Å². The second kappa shape index (κ2) is 8.56. The summed E-state index contributed by atoms with van der Waals surface area (Å²) in [5.41, 5.74) is 1.72. The van der Waals surface area contributed by atoms with Crippen LogP contribution in [0.3, 0.4) is 0 Å². The van der Waals surface area contributed by atoms with Gasteiger partial charge in [0, 0.05) is 63.9 Å². The molecule has 3 fully saturated rings. The molecule has 2 aromatic rings. The maximum absolute atomic E-state index is 14.2. The number of aromatic nitrogens is 1. The fourth-order valence-electron chi connectivity index (χ4n) is 4.94. The van der Waals surface area contributed by atoms with Gasteiger partial charge >= 0.3 is 0 Å². The van der Waals surface area contributed by atoms with E-state index in [1.54, 1.807) is 24.3 Å². The first kappa shape index (κ1) is 22.1. The van der Waals surface area contributed by atoms with E-state index < -0.39 is 0 Å². The van der Waals surface area contributed by atoms with Gasteiger partial charge in [-0.15, -0.1) is 0 Å². The van der Waals surface area contributed by atoms with E-state index in [-0.39, 0.29) is 29.2 Å². The summed E-state index contributed by atoms with van der Waals surface area (Å²) in [5.74, 6) is -0.0428. The van der Waals surface area contributed by atoms with Gasteiger partial charge in [-0.2, -0.15) is 0 Å². The molecule has 0 N–H and O–H groups in total. The fourth-order valence-corrected chi connectivity index (χ4v) is 4.94. The van der Waals surface area contributed by atoms with Gasteiger partial charge in [-0.1, -0.05) is 0 Å². The number of ether oxygens (including phenoxy) is 1. The van der Waals surface area contributed by atoms with E-state index in [1.807, 2.05) is 4.90 Å². The molecule has 1 aliphatic carbocycles. The molecule has 3 aliphatic rings. The zero-order valence-corrected chi connectivity index (χ0v) is 19.3. The number of nitrogens with zero attached hydrogens (tertiary/aromatic N) is 4. The maximum atomic E-state index is 14.2. The molecule has 0 bridgehead atoms. The Kier molecular flexibility index (Phi) is 5.72. The summed E-state index contributed by atoms with van der Waals surface area (Å²) in [6.07, 6.45) is 5.23. The Balaban J connectivity index is 1.43. The van der Waals surface area contributed by atoms with Crippen LogP contribution in [-0.2, 0) is 9.53 Å². The Bertz CT molecular complexity index is 1070. The first-order valence-corrected chi connectivity index (χ1v) is 11.8. The SMILES string of the molecule is COC1(C)CCN(c2c(C(=O)N3CCN(C(=O)C4CC4)CC3)cnc3ccc(F)cc23)CC1. The number of anilines is 1. The number of halogens is 1. The third-order valence-corrected chi connectivity index (χ3v) is 7.47. The van der Waals surface area contributed by atoms with Crippen molar-refractivity contribution in [2.24, 2.45) is 5.92 Å². The number of rotatable bonds is 4. The van der Waals surface area contributed by atoms with Crippen molar-refractivity contribution in [3.8, 4) is 0 Å². The van der Waals surface area contributed by atoms with Gasteiger partial charge in [0.15, 0.2) is 0 Å².